The highest BCUT2D eigenvalue weighted by atomic mass is 19.2. The molecule has 0 atom stereocenters. The van der Waals surface area contributed by atoms with Gasteiger partial charge in [-0.05, 0) is 49.4 Å². The topological polar surface area (TPSA) is 43.6 Å². The van der Waals surface area contributed by atoms with E-state index in [1.807, 2.05) is 24.4 Å². The lowest BCUT2D eigenvalue weighted by Gasteiger charge is -2.35. The van der Waals surface area contributed by atoms with Crippen molar-refractivity contribution in [2.75, 3.05) is 0 Å². The molecule has 0 bridgehead atoms. The number of hydrogen-bond acceptors (Lipinski definition) is 3. The maximum absolute atomic E-state index is 13.2. The quantitative estimate of drug-likeness (QED) is 0.614. The summed E-state index contributed by atoms with van der Waals surface area (Å²) in [6.07, 6.45) is 6.34. The van der Waals surface area contributed by atoms with Gasteiger partial charge in [0, 0.05) is 18.7 Å². The molecule has 134 valence electrons. The molecule has 6 heteroatoms. The number of fused-ring (bicyclic) bond motifs is 1. The molecular weight excluding hydrogens is 338 g/mol. The van der Waals surface area contributed by atoms with E-state index in [1.165, 1.54) is 6.07 Å². The van der Waals surface area contributed by atoms with Gasteiger partial charge in [0.2, 0.25) is 0 Å². The van der Waals surface area contributed by atoms with E-state index >= 15 is 0 Å². The Morgan fingerprint density at radius 1 is 1.19 bits per heavy atom. The summed E-state index contributed by atoms with van der Waals surface area (Å²) in [7, 11) is 0. The third-order valence-electron chi connectivity index (χ3n) is 4.89. The van der Waals surface area contributed by atoms with Gasteiger partial charge in [-0.1, -0.05) is 6.07 Å². The number of hydrogen-bond donors (Lipinski definition) is 0. The van der Waals surface area contributed by atoms with Crippen LogP contribution in [-0.2, 0) is 0 Å². The van der Waals surface area contributed by atoms with Crippen molar-refractivity contribution in [1.29, 1.82) is 0 Å². The van der Waals surface area contributed by atoms with Crippen LogP contribution in [0, 0.1) is 17.6 Å². The minimum absolute atomic E-state index is 0.00283. The summed E-state index contributed by atoms with van der Waals surface area (Å²) in [5, 5.41) is 4.19. The van der Waals surface area contributed by atoms with Gasteiger partial charge in [-0.25, -0.2) is 13.3 Å². The molecule has 26 heavy (non-hydrogen) atoms. The number of rotatable bonds is 6. The first-order chi connectivity index (χ1) is 12.6. The van der Waals surface area contributed by atoms with E-state index in [0.717, 1.165) is 36.9 Å². The Morgan fingerprint density at radius 2 is 2.04 bits per heavy atom. The molecule has 2 heterocycles. The zero-order valence-electron chi connectivity index (χ0n) is 14.1. The molecule has 0 N–H and O–H groups in total. The normalized spacial score (nSPS) is 19.3. The highest BCUT2D eigenvalue weighted by molar-refractivity contribution is 6.02. The summed E-state index contributed by atoms with van der Waals surface area (Å²) >= 11 is 0. The molecule has 1 aliphatic rings. The van der Waals surface area contributed by atoms with Gasteiger partial charge in [-0.15, -0.1) is 0 Å². The van der Waals surface area contributed by atoms with Crippen molar-refractivity contribution in [2.45, 2.75) is 31.8 Å². The first kappa shape index (κ1) is 16.7. The zero-order chi connectivity index (χ0) is 18.1. The van der Waals surface area contributed by atoms with Crippen molar-refractivity contribution in [1.82, 2.24) is 9.61 Å². The minimum atomic E-state index is -0.905. The van der Waals surface area contributed by atoms with E-state index in [4.69, 9.17) is 4.74 Å². The molecule has 0 amide bonds. The molecule has 0 unspecified atom stereocenters. The Bertz CT molecular complexity index is 948. The predicted molar refractivity (Wildman–Crippen MR) is 92.3 cm³/mol. The maximum Gasteiger partial charge on any atom is 0.166 e. The lowest BCUT2D eigenvalue weighted by Crippen LogP contribution is -2.34. The molecule has 4 nitrogen and oxygen atoms in total. The first-order valence-corrected chi connectivity index (χ1v) is 8.67. The van der Waals surface area contributed by atoms with Crippen molar-refractivity contribution < 1.29 is 18.3 Å². The van der Waals surface area contributed by atoms with Crippen LogP contribution in [0.4, 0.5) is 8.78 Å². The summed E-state index contributed by atoms with van der Waals surface area (Å²) in [6.45, 7) is 0. The number of ether oxygens (including phenoxy) is 1. The molecule has 0 spiro atoms. The van der Waals surface area contributed by atoms with Gasteiger partial charge < -0.3 is 4.74 Å². The number of carbonyl (C=O) groups excluding carboxylic acids is 1. The van der Waals surface area contributed by atoms with Gasteiger partial charge >= 0.3 is 0 Å². The number of aromatic nitrogens is 2. The molecule has 1 aliphatic carbocycles. The van der Waals surface area contributed by atoms with Gasteiger partial charge in [0.25, 0.3) is 0 Å². The molecule has 2 aromatic heterocycles. The van der Waals surface area contributed by atoms with Crippen LogP contribution in [0.2, 0.25) is 0 Å². The molecule has 1 fully saturated rings. The Balaban J connectivity index is 1.26. The van der Waals surface area contributed by atoms with Crippen molar-refractivity contribution in [3.05, 3.63) is 66.0 Å². The van der Waals surface area contributed by atoms with Crippen LogP contribution in [-0.4, -0.2) is 21.5 Å². The van der Waals surface area contributed by atoms with E-state index in [1.54, 1.807) is 10.7 Å². The number of nitrogens with zero attached hydrogens (tertiary/aromatic N) is 2. The zero-order valence-corrected chi connectivity index (χ0v) is 14.1. The van der Waals surface area contributed by atoms with Gasteiger partial charge in [0.05, 0.1) is 23.4 Å². The van der Waals surface area contributed by atoms with Gasteiger partial charge in [0.1, 0.15) is 5.75 Å². The van der Waals surface area contributed by atoms with E-state index in [0.29, 0.717) is 23.7 Å². The SMILES string of the molecule is O=C(CCC1CC(Oc2ccc(F)c(F)c2)C1)c1cnn2ccccc12. The summed E-state index contributed by atoms with van der Waals surface area (Å²) in [6, 6.07) is 9.21. The Labute approximate surface area is 149 Å². The standard InChI is InChI=1S/C20H18F2N2O2/c21-17-6-5-14(11-18(17)22)26-15-9-13(10-15)4-7-20(25)16-12-23-24-8-2-1-3-19(16)24/h1-3,5-6,8,11-13,15H,4,7,9-10H2. The fraction of sp³-hybridized carbons (Fsp3) is 0.300. The molecule has 4 rings (SSSR count). The summed E-state index contributed by atoms with van der Waals surface area (Å²) in [4.78, 5) is 12.4. The minimum Gasteiger partial charge on any atom is -0.490 e. The monoisotopic (exact) mass is 356 g/mol. The van der Waals surface area contributed by atoms with Crippen LogP contribution in [0.1, 0.15) is 36.0 Å². The largest absolute Gasteiger partial charge is 0.490 e. The fourth-order valence-corrected chi connectivity index (χ4v) is 3.37. The number of carbonyl (C=O) groups is 1. The summed E-state index contributed by atoms with van der Waals surface area (Å²) in [5.74, 6) is -0.936. The van der Waals surface area contributed by atoms with Crippen LogP contribution in [0.15, 0.2) is 48.8 Å². The lowest BCUT2D eigenvalue weighted by atomic mass is 9.78. The average Bonchev–Trinajstić information content (AvgIpc) is 3.04. The van der Waals surface area contributed by atoms with Gasteiger partial charge in [-0.2, -0.15) is 5.10 Å². The smallest absolute Gasteiger partial charge is 0.166 e. The summed E-state index contributed by atoms with van der Waals surface area (Å²) < 4.78 is 33.4. The average molecular weight is 356 g/mol. The Kier molecular flexibility index (Phi) is 4.41. The van der Waals surface area contributed by atoms with Crippen molar-refractivity contribution in [2.24, 2.45) is 5.92 Å². The fourth-order valence-electron chi connectivity index (χ4n) is 3.37. The van der Waals surface area contributed by atoms with Gasteiger partial charge in [-0.3, -0.25) is 4.79 Å². The van der Waals surface area contributed by atoms with E-state index in [2.05, 4.69) is 5.10 Å². The van der Waals surface area contributed by atoms with Crippen LogP contribution in [0.3, 0.4) is 0 Å². The number of halogens is 2. The highest BCUT2D eigenvalue weighted by Crippen LogP contribution is 2.35. The number of benzene rings is 1. The van der Waals surface area contributed by atoms with Crippen LogP contribution in [0.25, 0.3) is 5.52 Å². The molecule has 3 aromatic rings. The second-order valence-electron chi connectivity index (χ2n) is 6.70. The van der Waals surface area contributed by atoms with Crippen molar-refractivity contribution in [3.63, 3.8) is 0 Å². The maximum atomic E-state index is 13.2. The first-order valence-electron chi connectivity index (χ1n) is 8.67. The van der Waals surface area contributed by atoms with Crippen molar-refractivity contribution in [3.8, 4) is 5.75 Å². The summed E-state index contributed by atoms with van der Waals surface area (Å²) in [5.41, 5.74) is 1.48. The third-order valence-corrected chi connectivity index (χ3v) is 4.89. The van der Waals surface area contributed by atoms with Crippen LogP contribution >= 0.6 is 0 Å². The second-order valence-corrected chi connectivity index (χ2v) is 6.70. The molecular formula is C20H18F2N2O2. The predicted octanol–water partition coefficient (Wildman–Crippen LogP) is 4.43. The Hall–Kier alpha value is -2.76. The molecule has 0 saturated heterocycles. The third kappa shape index (κ3) is 3.31. The Morgan fingerprint density at radius 3 is 2.85 bits per heavy atom. The molecule has 1 aromatic carbocycles. The van der Waals surface area contributed by atoms with E-state index < -0.39 is 11.6 Å². The van der Waals surface area contributed by atoms with Crippen LogP contribution < -0.4 is 4.74 Å². The lowest BCUT2D eigenvalue weighted by molar-refractivity contribution is 0.0575. The number of Topliss-reactive ketones (excluding diaryl/α,β-unsaturated/α-hetero) is 1. The second kappa shape index (κ2) is 6.86. The highest BCUT2D eigenvalue weighted by Gasteiger charge is 2.31. The van der Waals surface area contributed by atoms with E-state index in [-0.39, 0.29) is 11.9 Å². The van der Waals surface area contributed by atoms with E-state index in [9.17, 15) is 13.6 Å². The number of ketones is 1. The molecule has 0 aliphatic heterocycles. The molecule has 0 radical (unpaired) electrons. The van der Waals surface area contributed by atoms with Crippen molar-refractivity contribution >= 4 is 11.3 Å². The number of pyridine rings is 1. The van der Waals surface area contributed by atoms with Crippen LogP contribution in [0.5, 0.6) is 5.75 Å². The van der Waals surface area contributed by atoms with Gasteiger partial charge in [0.15, 0.2) is 17.4 Å². The molecule has 1 saturated carbocycles.